The molecule has 1 amide bonds. The fourth-order valence-electron chi connectivity index (χ4n) is 2.07. The molecular weight excluding hydrogens is 356 g/mol. The van der Waals surface area contributed by atoms with Crippen molar-refractivity contribution < 1.29 is 33.8 Å². The van der Waals surface area contributed by atoms with E-state index in [0.29, 0.717) is 25.4 Å². The largest absolute Gasteiger partial charge is 0.481 e. The predicted molar refractivity (Wildman–Crippen MR) is 97.2 cm³/mol. The number of nitrogens with one attached hydrogen (secondary N) is 1. The van der Waals surface area contributed by atoms with E-state index >= 15 is 0 Å². The minimum absolute atomic E-state index is 0.0400. The highest BCUT2D eigenvalue weighted by molar-refractivity contribution is 5.93. The smallest absolute Gasteiger partial charge is 0.341 e. The first kappa shape index (κ1) is 23.9. The summed E-state index contributed by atoms with van der Waals surface area (Å²) in [5.41, 5.74) is 0.238. The van der Waals surface area contributed by atoms with E-state index in [2.05, 4.69) is 5.32 Å². The van der Waals surface area contributed by atoms with E-state index in [1.54, 1.807) is 7.05 Å². The van der Waals surface area contributed by atoms with Crippen molar-refractivity contribution in [3.05, 3.63) is 29.3 Å². The Kier molecular flexibility index (Phi) is 11.7. The van der Waals surface area contributed by atoms with E-state index in [4.69, 9.17) is 9.84 Å². The molecule has 0 fully saturated rings. The number of benzene rings is 1. The summed E-state index contributed by atoms with van der Waals surface area (Å²) < 4.78 is 4.84. The van der Waals surface area contributed by atoms with E-state index in [0.717, 1.165) is 6.29 Å². The third-order valence-corrected chi connectivity index (χ3v) is 3.43. The second kappa shape index (κ2) is 13.2. The summed E-state index contributed by atoms with van der Waals surface area (Å²) in [6.45, 7) is -0.552. The number of hydrogen-bond donors (Lipinski definition) is 2. The Morgan fingerprint density at radius 2 is 1.89 bits per heavy atom. The predicted octanol–water partition coefficient (Wildman–Crippen LogP) is 0.417. The molecule has 0 bridgehead atoms. The molecule has 1 atom stereocenters. The number of carboxylic acid groups (broad SMARTS) is 1. The van der Waals surface area contributed by atoms with E-state index in [9.17, 15) is 24.0 Å². The van der Waals surface area contributed by atoms with Gasteiger partial charge < -0.3 is 20.0 Å². The molecule has 0 aliphatic carbocycles. The maximum Gasteiger partial charge on any atom is 0.341 e. The Labute approximate surface area is 157 Å². The molecule has 9 heteroatoms. The second-order valence-corrected chi connectivity index (χ2v) is 5.51. The third-order valence-electron chi connectivity index (χ3n) is 3.43. The van der Waals surface area contributed by atoms with Gasteiger partial charge in [0.25, 0.3) is 0 Å². The molecule has 2 N–H and O–H groups in total. The van der Waals surface area contributed by atoms with Crippen molar-refractivity contribution in [3.63, 3.8) is 0 Å². The fraction of sp³-hybridized carbons (Fsp3) is 0.389. The molecule has 0 saturated carbocycles. The average molecular weight is 380 g/mol. The summed E-state index contributed by atoms with van der Waals surface area (Å²) in [6.07, 6.45) is 2.81. The molecule has 0 heterocycles. The van der Waals surface area contributed by atoms with Crippen molar-refractivity contribution in [1.82, 2.24) is 10.2 Å². The number of ether oxygens (including phenoxy) is 1. The summed E-state index contributed by atoms with van der Waals surface area (Å²) in [5.74, 6) is -1.10. The molecule has 0 radical (unpaired) electrons. The molecule has 1 aromatic carbocycles. The summed E-state index contributed by atoms with van der Waals surface area (Å²) >= 11 is 0. The number of carbonyl (C=O) groups is 5. The molecule has 0 spiro atoms. The zero-order chi connectivity index (χ0) is 20.8. The highest BCUT2D eigenvalue weighted by Crippen LogP contribution is 2.19. The Morgan fingerprint density at radius 3 is 2.33 bits per heavy atom. The van der Waals surface area contributed by atoms with Crippen LogP contribution in [-0.4, -0.2) is 74.5 Å². The lowest BCUT2D eigenvalue weighted by Gasteiger charge is -2.21. The summed E-state index contributed by atoms with van der Waals surface area (Å²) in [6, 6.07) is 4.19. The number of aldehydes is 3. The lowest BCUT2D eigenvalue weighted by molar-refractivity contribution is -0.139. The van der Waals surface area contributed by atoms with Crippen LogP contribution in [0.4, 0.5) is 0 Å². The monoisotopic (exact) mass is 380 g/mol. The van der Waals surface area contributed by atoms with Crippen LogP contribution in [-0.2, 0) is 14.4 Å². The zero-order valence-electron chi connectivity index (χ0n) is 15.5. The second-order valence-electron chi connectivity index (χ2n) is 5.51. The van der Waals surface area contributed by atoms with Crippen LogP contribution in [0.2, 0.25) is 0 Å². The van der Waals surface area contributed by atoms with Gasteiger partial charge in [-0.2, -0.15) is 0 Å². The molecule has 1 aromatic rings. The maximum absolute atomic E-state index is 11.2. The van der Waals surface area contributed by atoms with Crippen molar-refractivity contribution in [1.29, 1.82) is 0 Å². The van der Waals surface area contributed by atoms with Crippen LogP contribution in [0.25, 0.3) is 0 Å². The van der Waals surface area contributed by atoms with Gasteiger partial charge in [0, 0.05) is 19.0 Å². The Hall–Kier alpha value is -3.07. The normalized spacial score (nSPS) is 10.8. The first-order chi connectivity index (χ1) is 12.8. The van der Waals surface area contributed by atoms with Crippen LogP contribution in [0.3, 0.4) is 0 Å². The van der Waals surface area contributed by atoms with Gasteiger partial charge in [-0.1, -0.05) is 12.1 Å². The lowest BCUT2D eigenvalue weighted by Crippen LogP contribution is -2.42. The van der Waals surface area contributed by atoms with Gasteiger partial charge in [-0.3, -0.25) is 19.3 Å². The van der Waals surface area contributed by atoms with Crippen LogP contribution in [0.5, 0.6) is 5.75 Å². The van der Waals surface area contributed by atoms with Crippen molar-refractivity contribution in [2.45, 2.75) is 18.9 Å². The molecule has 0 aliphatic rings. The van der Waals surface area contributed by atoms with E-state index in [1.807, 2.05) is 19.0 Å². The summed E-state index contributed by atoms with van der Waals surface area (Å²) in [5, 5.41) is 10.9. The van der Waals surface area contributed by atoms with E-state index < -0.39 is 12.6 Å². The van der Waals surface area contributed by atoms with Gasteiger partial charge in [-0.15, -0.1) is 0 Å². The number of hydrogen-bond acceptors (Lipinski definition) is 7. The van der Waals surface area contributed by atoms with Crippen molar-refractivity contribution >= 4 is 30.7 Å². The van der Waals surface area contributed by atoms with E-state index in [-0.39, 0.29) is 28.8 Å². The Balaban J connectivity index is 0.000000516. The number of rotatable bonds is 10. The van der Waals surface area contributed by atoms with Crippen LogP contribution in [0.1, 0.15) is 33.6 Å². The molecule has 27 heavy (non-hydrogen) atoms. The van der Waals surface area contributed by atoms with Gasteiger partial charge in [0.15, 0.2) is 19.2 Å². The van der Waals surface area contributed by atoms with Crippen LogP contribution >= 0.6 is 0 Å². The molecular formula is C18H24N2O7. The van der Waals surface area contributed by atoms with Crippen LogP contribution < -0.4 is 10.1 Å². The summed E-state index contributed by atoms with van der Waals surface area (Å²) in [4.78, 5) is 54.5. The number of nitrogens with zero attached hydrogens (tertiary/aromatic N) is 1. The van der Waals surface area contributed by atoms with Crippen LogP contribution in [0.15, 0.2) is 18.2 Å². The number of carboxylic acids is 1. The Morgan fingerprint density at radius 1 is 1.22 bits per heavy atom. The minimum Gasteiger partial charge on any atom is -0.481 e. The molecule has 0 saturated heterocycles. The molecule has 0 aromatic heterocycles. The SMILES string of the molecule is CNC(=O)C(CCC=O)N(C)C.O=Cc1cccc(OCC(=O)O)c1C=O. The fourth-order valence-corrected chi connectivity index (χ4v) is 2.07. The highest BCUT2D eigenvalue weighted by atomic mass is 16.5. The van der Waals surface area contributed by atoms with Crippen molar-refractivity contribution in [2.75, 3.05) is 27.7 Å². The van der Waals surface area contributed by atoms with E-state index in [1.165, 1.54) is 18.2 Å². The van der Waals surface area contributed by atoms with Gasteiger partial charge in [0.05, 0.1) is 11.6 Å². The maximum atomic E-state index is 11.2. The van der Waals surface area contributed by atoms with Gasteiger partial charge >= 0.3 is 5.97 Å². The lowest BCUT2D eigenvalue weighted by atomic mass is 10.1. The van der Waals surface area contributed by atoms with Crippen LogP contribution in [0, 0.1) is 0 Å². The van der Waals surface area contributed by atoms with Crippen molar-refractivity contribution in [3.8, 4) is 5.75 Å². The molecule has 9 nitrogen and oxygen atoms in total. The number of likely N-dealkylation sites (N-methyl/N-ethyl adjacent to an activating group) is 2. The Bertz CT molecular complexity index is 659. The first-order valence-electron chi connectivity index (χ1n) is 8.01. The van der Waals surface area contributed by atoms with Gasteiger partial charge in [0.1, 0.15) is 12.0 Å². The number of aliphatic carboxylic acids is 1. The van der Waals surface area contributed by atoms with Gasteiger partial charge in [-0.05, 0) is 26.6 Å². The number of carbonyl (C=O) groups excluding carboxylic acids is 4. The molecule has 1 rings (SSSR count). The molecule has 0 aliphatic heterocycles. The average Bonchev–Trinajstić information content (AvgIpc) is 2.65. The quantitative estimate of drug-likeness (QED) is 0.559. The minimum atomic E-state index is -1.15. The van der Waals surface area contributed by atoms with Gasteiger partial charge in [-0.25, -0.2) is 4.79 Å². The zero-order valence-corrected chi connectivity index (χ0v) is 15.5. The molecule has 1 unspecified atom stereocenters. The number of amides is 1. The van der Waals surface area contributed by atoms with Crippen molar-refractivity contribution in [2.24, 2.45) is 0 Å². The highest BCUT2D eigenvalue weighted by Gasteiger charge is 2.18. The van der Waals surface area contributed by atoms with Gasteiger partial charge in [0.2, 0.25) is 5.91 Å². The standard InChI is InChI=1S/C10H8O5.C8H16N2O2/c11-4-7-2-1-3-9(8(7)5-12)15-6-10(13)14;1-9-8(12)7(10(2)3)5-4-6-11/h1-5H,6H2,(H,13,14);6-7H,4-5H2,1-3H3,(H,9,12). The summed E-state index contributed by atoms with van der Waals surface area (Å²) in [7, 11) is 5.25. The molecule has 148 valence electrons. The topological polar surface area (TPSA) is 130 Å². The first-order valence-corrected chi connectivity index (χ1v) is 8.01. The third kappa shape index (κ3) is 8.73.